The van der Waals surface area contributed by atoms with Gasteiger partial charge in [0.2, 0.25) is 5.91 Å². The molecular formula is C12H17ClN2OS. The number of nitrogen functional groups attached to an aromatic ring is 1. The molecule has 0 bridgehead atoms. The van der Waals surface area contributed by atoms with E-state index in [4.69, 9.17) is 17.3 Å². The number of halogens is 1. The van der Waals surface area contributed by atoms with Gasteiger partial charge in [0.25, 0.3) is 0 Å². The van der Waals surface area contributed by atoms with Crippen LogP contribution < -0.4 is 5.73 Å². The molecule has 94 valence electrons. The number of carbonyl (C=O) groups excluding carboxylic acids is 1. The van der Waals surface area contributed by atoms with Crippen molar-refractivity contribution < 1.29 is 4.79 Å². The topological polar surface area (TPSA) is 46.3 Å². The number of hydrogen-bond acceptors (Lipinski definition) is 3. The first kappa shape index (κ1) is 14.2. The molecule has 0 unspecified atom stereocenters. The Bertz CT molecular complexity index is 394. The quantitative estimate of drug-likeness (QED) is 0.662. The van der Waals surface area contributed by atoms with Gasteiger partial charge in [0.05, 0.1) is 5.75 Å². The van der Waals surface area contributed by atoms with E-state index in [9.17, 15) is 4.79 Å². The highest BCUT2D eigenvalue weighted by Crippen LogP contribution is 2.27. The molecule has 1 aromatic rings. The van der Waals surface area contributed by atoms with E-state index in [0.717, 1.165) is 18.0 Å². The Morgan fingerprint density at radius 2 is 2.06 bits per heavy atom. The summed E-state index contributed by atoms with van der Waals surface area (Å²) < 4.78 is 0. The molecular weight excluding hydrogens is 256 g/mol. The number of thioether (sulfide) groups is 1. The first-order chi connectivity index (χ1) is 8.08. The number of carbonyl (C=O) groups is 1. The van der Waals surface area contributed by atoms with Crippen molar-refractivity contribution in [3.63, 3.8) is 0 Å². The monoisotopic (exact) mass is 272 g/mol. The molecule has 0 saturated heterocycles. The molecule has 0 atom stereocenters. The molecule has 0 radical (unpaired) electrons. The molecule has 0 heterocycles. The SMILES string of the molecule is CCN(CC)C(=O)CSc1ccc(Cl)cc1N. The van der Waals surface area contributed by atoms with Crippen LogP contribution in [-0.2, 0) is 4.79 Å². The summed E-state index contributed by atoms with van der Waals surface area (Å²) >= 11 is 7.26. The van der Waals surface area contributed by atoms with Gasteiger partial charge in [0, 0.05) is 28.7 Å². The van der Waals surface area contributed by atoms with Crippen molar-refractivity contribution >= 4 is 35.0 Å². The Labute approximate surface area is 111 Å². The number of anilines is 1. The summed E-state index contributed by atoms with van der Waals surface area (Å²) in [6, 6.07) is 5.33. The Kier molecular flexibility index (Phi) is 5.65. The lowest BCUT2D eigenvalue weighted by Crippen LogP contribution is -2.31. The zero-order valence-corrected chi connectivity index (χ0v) is 11.6. The smallest absolute Gasteiger partial charge is 0.232 e. The standard InChI is InChI=1S/C12H17ClN2OS/c1-3-15(4-2)12(16)8-17-11-6-5-9(13)7-10(11)14/h5-7H,3-4,8,14H2,1-2H3. The van der Waals surface area contributed by atoms with Gasteiger partial charge >= 0.3 is 0 Å². The van der Waals surface area contributed by atoms with E-state index in [0.29, 0.717) is 16.5 Å². The molecule has 17 heavy (non-hydrogen) atoms. The van der Waals surface area contributed by atoms with Crippen molar-refractivity contribution in [2.24, 2.45) is 0 Å². The van der Waals surface area contributed by atoms with Gasteiger partial charge in [-0.1, -0.05) is 11.6 Å². The third-order valence-corrected chi connectivity index (χ3v) is 3.75. The van der Waals surface area contributed by atoms with Crippen LogP contribution in [0.3, 0.4) is 0 Å². The maximum Gasteiger partial charge on any atom is 0.232 e. The molecule has 0 aliphatic rings. The Morgan fingerprint density at radius 1 is 1.41 bits per heavy atom. The fraction of sp³-hybridized carbons (Fsp3) is 0.417. The summed E-state index contributed by atoms with van der Waals surface area (Å²) in [6.45, 7) is 5.43. The Morgan fingerprint density at radius 3 is 2.59 bits per heavy atom. The minimum absolute atomic E-state index is 0.134. The van der Waals surface area contributed by atoms with Crippen molar-refractivity contribution in [2.45, 2.75) is 18.7 Å². The second-order valence-electron chi connectivity index (χ2n) is 3.54. The van der Waals surface area contributed by atoms with E-state index in [1.54, 1.807) is 17.0 Å². The second kappa shape index (κ2) is 6.77. The fourth-order valence-corrected chi connectivity index (χ4v) is 2.49. The number of hydrogen-bond donors (Lipinski definition) is 1. The molecule has 1 aromatic carbocycles. The largest absolute Gasteiger partial charge is 0.398 e. The molecule has 0 spiro atoms. The van der Waals surface area contributed by atoms with Gasteiger partial charge in [0.15, 0.2) is 0 Å². The third-order valence-electron chi connectivity index (χ3n) is 2.44. The fourth-order valence-electron chi connectivity index (χ4n) is 1.46. The molecule has 5 heteroatoms. The number of nitrogens with zero attached hydrogens (tertiary/aromatic N) is 1. The first-order valence-electron chi connectivity index (χ1n) is 5.54. The van der Waals surface area contributed by atoms with Gasteiger partial charge in [-0.25, -0.2) is 0 Å². The van der Waals surface area contributed by atoms with Crippen LogP contribution >= 0.6 is 23.4 Å². The molecule has 2 N–H and O–H groups in total. The van der Waals surface area contributed by atoms with Crippen molar-refractivity contribution in [2.75, 3.05) is 24.6 Å². The van der Waals surface area contributed by atoms with E-state index in [2.05, 4.69) is 0 Å². The molecule has 3 nitrogen and oxygen atoms in total. The third kappa shape index (κ3) is 4.13. The van der Waals surface area contributed by atoms with Crippen molar-refractivity contribution in [3.8, 4) is 0 Å². The van der Waals surface area contributed by atoms with Gasteiger partial charge in [0.1, 0.15) is 0 Å². The van der Waals surface area contributed by atoms with Crippen LogP contribution in [0.4, 0.5) is 5.69 Å². The summed E-state index contributed by atoms with van der Waals surface area (Å²) in [5.74, 6) is 0.544. The van der Waals surface area contributed by atoms with Crippen LogP contribution in [0.1, 0.15) is 13.8 Å². The number of benzene rings is 1. The molecule has 0 aromatic heterocycles. The summed E-state index contributed by atoms with van der Waals surface area (Å²) in [7, 11) is 0. The van der Waals surface area contributed by atoms with Crippen LogP contribution in [0.5, 0.6) is 0 Å². The molecule has 0 aliphatic heterocycles. The minimum Gasteiger partial charge on any atom is -0.398 e. The molecule has 0 fully saturated rings. The van der Waals surface area contributed by atoms with E-state index in [-0.39, 0.29) is 5.91 Å². The van der Waals surface area contributed by atoms with Gasteiger partial charge in [-0.15, -0.1) is 11.8 Å². The lowest BCUT2D eigenvalue weighted by atomic mass is 10.3. The second-order valence-corrected chi connectivity index (χ2v) is 4.99. The van der Waals surface area contributed by atoms with E-state index >= 15 is 0 Å². The first-order valence-corrected chi connectivity index (χ1v) is 6.90. The van der Waals surface area contributed by atoms with E-state index in [1.807, 2.05) is 19.9 Å². The lowest BCUT2D eigenvalue weighted by molar-refractivity contribution is -0.127. The highest BCUT2D eigenvalue weighted by molar-refractivity contribution is 8.00. The predicted octanol–water partition coefficient (Wildman–Crippen LogP) is 2.88. The van der Waals surface area contributed by atoms with Crippen molar-refractivity contribution in [1.29, 1.82) is 0 Å². The molecule has 0 saturated carbocycles. The highest BCUT2D eigenvalue weighted by Gasteiger charge is 2.10. The van der Waals surface area contributed by atoms with E-state index < -0.39 is 0 Å². The van der Waals surface area contributed by atoms with E-state index in [1.165, 1.54) is 11.8 Å². The zero-order valence-electron chi connectivity index (χ0n) is 10.1. The molecule has 0 aliphatic carbocycles. The summed E-state index contributed by atoms with van der Waals surface area (Å²) in [5, 5.41) is 0.613. The molecule has 1 rings (SSSR count). The summed E-state index contributed by atoms with van der Waals surface area (Å²) in [4.78, 5) is 14.5. The van der Waals surface area contributed by atoms with Crippen LogP contribution in [0.2, 0.25) is 5.02 Å². The van der Waals surface area contributed by atoms with Crippen molar-refractivity contribution in [3.05, 3.63) is 23.2 Å². The maximum atomic E-state index is 11.8. The average Bonchev–Trinajstić information content (AvgIpc) is 2.29. The summed E-state index contributed by atoms with van der Waals surface area (Å²) in [6.07, 6.45) is 0. The number of amides is 1. The molecule has 1 amide bonds. The van der Waals surface area contributed by atoms with Gasteiger partial charge in [-0.05, 0) is 32.0 Å². The minimum atomic E-state index is 0.134. The van der Waals surface area contributed by atoms with Crippen LogP contribution in [0, 0.1) is 0 Å². The van der Waals surface area contributed by atoms with Gasteiger partial charge in [-0.3, -0.25) is 4.79 Å². The Hall–Kier alpha value is -0.870. The summed E-state index contributed by atoms with van der Waals surface area (Å²) in [5.41, 5.74) is 6.44. The number of nitrogens with two attached hydrogens (primary N) is 1. The van der Waals surface area contributed by atoms with Crippen LogP contribution in [-0.4, -0.2) is 29.6 Å². The van der Waals surface area contributed by atoms with Gasteiger partial charge < -0.3 is 10.6 Å². The lowest BCUT2D eigenvalue weighted by Gasteiger charge is -2.18. The van der Waals surface area contributed by atoms with Gasteiger partial charge in [-0.2, -0.15) is 0 Å². The number of rotatable bonds is 5. The normalized spacial score (nSPS) is 10.3. The zero-order chi connectivity index (χ0) is 12.8. The Balaban J connectivity index is 2.58. The average molecular weight is 273 g/mol. The van der Waals surface area contributed by atoms with Crippen molar-refractivity contribution in [1.82, 2.24) is 4.90 Å². The highest BCUT2D eigenvalue weighted by atomic mass is 35.5. The predicted molar refractivity (Wildman–Crippen MR) is 74.5 cm³/mol. The van der Waals surface area contributed by atoms with Crippen LogP contribution in [0.25, 0.3) is 0 Å². The maximum absolute atomic E-state index is 11.8. The van der Waals surface area contributed by atoms with Crippen LogP contribution in [0.15, 0.2) is 23.1 Å².